The number of unbranched alkanes of at least 4 members (excludes halogenated alkanes) is 49. The van der Waals surface area contributed by atoms with Crippen LogP contribution in [0.4, 0.5) is 0 Å². The van der Waals surface area contributed by atoms with Crippen LogP contribution in [0.5, 0.6) is 0 Å². The zero-order chi connectivity index (χ0) is 52.2. The SMILES string of the molecule is CCCCCC/C=C/CCCCCCCCCCCCCCCCCCCCCCCCCCCCCCCCC(CC(=O)N(CCCCCCCC)CCCCCCCC)C(=O)OCCCCCCCC. The van der Waals surface area contributed by atoms with Crippen LogP contribution in [0, 0.1) is 5.92 Å². The van der Waals surface area contributed by atoms with E-state index in [1.165, 1.54) is 308 Å². The Labute approximate surface area is 454 Å². The monoisotopic (exact) mass is 1010 g/mol. The van der Waals surface area contributed by atoms with Gasteiger partial charge in [-0.05, 0) is 51.4 Å². The zero-order valence-electron chi connectivity index (χ0n) is 50.1. The van der Waals surface area contributed by atoms with Crippen LogP contribution in [0.2, 0.25) is 0 Å². The summed E-state index contributed by atoms with van der Waals surface area (Å²) in [4.78, 5) is 29.5. The van der Waals surface area contributed by atoms with Crippen LogP contribution in [0.3, 0.4) is 0 Å². The fraction of sp³-hybridized carbons (Fsp3) is 0.941. The number of amides is 1. The highest BCUT2D eigenvalue weighted by molar-refractivity contribution is 5.83. The maximum absolute atomic E-state index is 13.9. The summed E-state index contributed by atoms with van der Waals surface area (Å²) < 4.78 is 5.88. The fourth-order valence-electron chi connectivity index (χ4n) is 10.9. The van der Waals surface area contributed by atoms with E-state index in [-0.39, 0.29) is 17.8 Å². The highest BCUT2D eigenvalue weighted by atomic mass is 16.5. The molecule has 0 aliphatic heterocycles. The Morgan fingerprint density at radius 2 is 0.569 bits per heavy atom. The fourth-order valence-corrected chi connectivity index (χ4v) is 10.9. The molecule has 1 amide bonds. The summed E-state index contributed by atoms with van der Waals surface area (Å²) in [5.74, 6) is -0.215. The molecular formula is C68H133NO3. The van der Waals surface area contributed by atoms with Gasteiger partial charge in [-0.25, -0.2) is 0 Å². The molecule has 0 bridgehead atoms. The highest BCUT2D eigenvalue weighted by Gasteiger charge is 2.26. The van der Waals surface area contributed by atoms with E-state index in [1.54, 1.807) is 0 Å². The van der Waals surface area contributed by atoms with Crippen molar-refractivity contribution in [3.8, 4) is 0 Å². The molecule has 4 heteroatoms. The largest absolute Gasteiger partial charge is 0.465 e. The van der Waals surface area contributed by atoms with Gasteiger partial charge in [0.1, 0.15) is 0 Å². The lowest BCUT2D eigenvalue weighted by Crippen LogP contribution is -2.35. The van der Waals surface area contributed by atoms with Crippen molar-refractivity contribution in [2.75, 3.05) is 19.7 Å². The van der Waals surface area contributed by atoms with Gasteiger partial charge in [0.25, 0.3) is 0 Å². The predicted octanol–water partition coefficient (Wildman–Crippen LogP) is 23.5. The first-order valence-corrected chi connectivity index (χ1v) is 33.7. The second-order valence-electron chi connectivity index (χ2n) is 23.3. The lowest BCUT2D eigenvalue weighted by atomic mass is 9.96. The average molecular weight is 1010 g/mol. The van der Waals surface area contributed by atoms with Gasteiger partial charge in [-0.2, -0.15) is 0 Å². The highest BCUT2D eigenvalue weighted by Crippen LogP contribution is 2.22. The molecule has 0 aliphatic rings. The van der Waals surface area contributed by atoms with Crippen LogP contribution in [0.25, 0.3) is 0 Å². The van der Waals surface area contributed by atoms with E-state index < -0.39 is 0 Å². The minimum absolute atomic E-state index is 0.114. The Balaban J connectivity index is 4.00. The maximum atomic E-state index is 13.9. The second kappa shape index (κ2) is 62.2. The molecule has 0 rings (SSSR count). The van der Waals surface area contributed by atoms with Crippen LogP contribution in [0.1, 0.15) is 387 Å². The molecule has 0 N–H and O–H groups in total. The van der Waals surface area contributed by atoms with Gasteiger partial charge >= 0.3 is 5.97 Å². The number of carbonyl (C=O) groups excluding carboxylic acids is 2. The summed E-state index contributed by atoms with van der Waals surface area (Å²) in [5, 5.41) is 0. The Kier molecular flexibility index (Phi) is 61.1. The van der Waals surface area contributed by atoms with Gasteiger partial charge in [-0.3, -0.25) is 9.59 Å². The summed E-state index contributed by atoms with van der Waals surface area (Å²) in [6.45, 7) is 11.3. The molecule has 1 unspecified atom stereocenters. The number of carbonyl (C=O) groups is 2. The predicted molar refractivity (Wildman–Crippen MR) is 321 cm³/mol. The molecule has 0 aromatic heterocycles. The van der Waals surface area contributed by atoms with E-state index in [9.17, 15) is 9.59 Å². The van der Waals surface area contributed by atoms with E-state index in [0.717, 1.165) is 58.0 Å². The Morgan fingerprint density at radius 1 is 0.319 bits per heavy atom. The topological polar surface area (TPSA) is 46.6 Å². The molecule has 0 aliphatic carbocycles. The number of ether oxygens (including phenoxy) is 1. The quantitative estimate of drug-likeness (QED) is 0.0346. The number of esters is 1. The van der Waals surface area contributed by atoms with E-state index in [4.69, 9.17) is 4.74 Å². The normalized spacial score (nSPS) is 12.1. The molecule has 0 fully saturated rings. The van der Waals surface area contributed by atoms with Gasteiger partial charge in [0.15, 0.2) is 0 Å². The van der Waals surface area contributed by atoms with Crippen LogP contribution >= 0.6 is 0 Å². The van der Waals surface area contributed by atoms with Crippen molar-refractivity contribution < 1.29 is 14.3 Å². The summed E-state index contributed by atoms with van der Waals surface area (Å²) in [6.07, 6.45) is 78.2. The molecule has 0 saturated carbocycles. The summed E-state index contributed by atoms with van der Waals surface area (Å²) in [7, 11) is 0. The van der Waals surface area contributed by atoms with Crippen LogP contribution in [-0.2, 0) is 14.3 Å². The van der Waals surface area contributed by atoms with Crippen molar-refractivity contribution >= 4 is 11.9 Å². The Morgan fingerprint density at radius 3 is 0.889 bits per heavy atom. The number of hydrogen-bond acceptors (Lipinski definition) is 3. The van der Waals surface area contributed by atoms with E-state index in [0.29, 0.717) is 13.0 Å². The lowest BCUT2D eigenvalue weighted by Gasteiger charge is -2.25. The number of allylic oxidation sites excluding steroid dienone is 2. The molecule has 0 heterocycles. The standard InChI is InChI=1S/C68H133NO3/c1-5-9-13-17-21-22-23-24-25-26-27-28-29-30-31-32-33-34-35-36-37-38-39-40-41-42-43-44-45-46-47-48-49-50-51-52-53-57-61-66(68(71)72-64-60-56-20-16-12-8-4)65-67(70)69(62-58-54-18-14-10-6-2)63-59-55-19-15-11-7-3/h22-23,66H,5-21,24-65H2,1-4H3/b23-22+. The number of rotatable bonds is 62. The molecule has 4 nitrogen and oxygen atoms in total. The minimum atomic E-state index is -0.291. The summed E-state index contributed by atoms with van der Waals surface area (Å²) in [5.41, 5.74) is 0. The third kappa shape index (κ3) is 54.9. The molecule has 0 aromatic carbocycles. The Hall–Kier alpha value is -1.32. The molecule has 0 aromatic rings. The van der Waals surface area contributed by atoms with Gasteiger partial charge in [-0.15, -0.1) is 0 Å². The van der Waals surface area contributed by atoms with Gasteiger partial charge < -0.3 is 9.64 Å². The van der Waals surface area contributed by atoms with Gasteiger partial charge in [0.05, 0.1) is 12.5 Å². The molecule has 428 valence electrons. The van der Waals surface area contributed by atoms with Gasteiger partial charge in [-0.1, -0.05) is 342 Å². The number of hydrogen-bond donors (Lipinski definition) is 0. The average Bonchev–Trinajstić information content (AvgIpc) is 3.38. The smallest absolute Gasteiger partial charge is 0.309 e. The maximum Gasteiger partial charge on any atom is 0.309 e. The van der Waals surface area contributed by atoms with Crippen molar-refractivity contribution in [2.24, 2.45) is 5.92 Å². The van der Waals surface area contributed by atoms with Crippen molar-refractivity contribution in [1.82, 2.24) is 4.90 Å². The van der Waals surface area contributed by atoms with Crippen molar-refractivity contribution in [1.29, 1.82) is 0 Å². The first-order valence-electron chi connectivity index (χ1n) is 33.7. The second-order valence-corrected chi connectivity index (χ2v) is 23.3. The van der Waals surface area contributed by atoms with E-state index in [2.05, 4.69) is 44.7 Å². The third-order valence-corrected chi connectivity index (χ3v) is 16.0. The third-order valence-electron chi connectivity index (χ3n) is 16.0. The first-order chi connectivity index (χ1) is 35.6. The minimum Gasteiger partial charge on any atom is -0.465 e. The van der Waals surface area contributed by atoms with E-state index in [1.807, 2.05) is 0 Å². The molecule has 1 atom stereocenters. The summed E-state index contributed by atoms with van der Waals surface area (Å²) in [6, 6.07) is 0. The first kappa shape index (κ1) is 70.7. The van der Waals surface area contributed by atoms with Crippen molar-refractivity contribution in [3.63, 3.8) is 0 Å². The molecule has 0 radical (unpaired) electrons. The van der Waals surface area contributed by atoms with Crippen molar-refractivity contribution in [2.45, 2.75) is 387 Å². The van der Waals surface area contributed by atoms with Gasteiger partial charge in [0, 0.05) is 19.5 Å². The van der Waals surface area contributed by atoms with Crippen LogP contribution < -0.4 is 0 Å². The Bertz CT molecular complexity index is 1060. The lowest BCUT2D eigenvalue weighted by molar-refractivity contribution is -0.152. The van der Waals surface area contributed by atoms with Crippen molar-refractivity contribution in [3.05, 3.63) is 12.2 Å². The van der Waals surface area contributed by atoms with Gasteiger partial charge in [0.2, 0.25) is 5.91 Å². The summed E-state index contributed by atoms with van der Waals surface area (Å²) >= 11 is 0. The molecule has 0 saturated heterocycles. The molecule has 72 heavy (non-hydrogen) atoms. The van der Waals surface area contributed by atoms with E-state index >= 15 is 0 Å². The molecule has 0 spiro atoms. The van der Waals surface area contributed by atoms with Crippen LogP contribution in [0.15, 0.2) is 12.2 Å². The van der Waals surface area contributed by atoms with Crippen LogP contribution in [-0.4, -0.2) is 36.5 Å². The zero-order valence-corrected chi connectivity index (χ0v) is 50.1. The molecular weight excluding hydrogens is 879 g/mol. The number of nitrogens with zero attached hydrogens (tertiary/aromatic N) is 1.